The van der Waals surface area contributed by atoms with Crippen LogP contribution >= 0.6 is 0 Å². The van der Waals surface area contributed by atoms with Crippen molar-refractivity contribution in [2.75, 3.05) is 50.1 Å². The average Bonchev–Trinajstić information content (AvgIpc) is 3.75. The number of ether oxygens (including phenoxy) is 1. The maximum atomic E-state index is 13.2. The molecule has 0 spiro atoms. The number of carbonyl (C=O) groups is 2. The summed E-state index contributed by atoms with van der Waals surface area (Å²) < 4.78 is 5.50. The van der Waals surface area contributed by atoms with Crippen LogP contribution in [0.15, 0.2) is 72.8 Å². The van der Waals surface area contributed by atoms with Gasteiger partial charge in [-0.3, -0.25) is 9.59 Å². The van der Waals surface area contributed by atoms with E-state index in [1.54, 1.807) is 7.11 Å². The Bertz CT molecular complexity index is 1300. The summed E-state index contributed by atoms with van der Waals surface area (Å²) in [6.45, 7) is 3.62. The quantitative estimate of drug-likeness (QED) is 0.517. The molecule has 6 rings (SSSR count). The number of methoxy groups -OCH3 is 1. The number of fused-ring (bicyclic) bond motifs is 1. The van der Waals surface area contributed by atoms with Crippen LogP contribution in [0.25, 0.3) is 0 Å². The van der Waals surface area contributed by atoms with E-state index >= 15 is 0 Å². The van der Waals surface area contributed by atoms with Crippen molar-refractivity contribution >= 4 is 23.2 Å². The molecule has 0 aromatic heterocycles. The number of para-hydroxylation sites is 2. The molecule has 0 bridgehead atoms. The highest BCUT2D eigenvalue weighted by atomic mass is 16.5. The minimum absolute atomic E-state index is 0.0444. The third-order valence-electron chi connectivity index (χ3n) is 7.64. The van der Waals surface area contributed by atoms with Crippen molar-refractivity contribution in [3.05, 3.63) is 89.5 Å². The summed E-state index contributed by atoms with van der Waals surface area (Å²) in [7, 11) is 1.69. The van der Waals surface area contributed by atoms with E-state index in [9.17, 15) is 9.59 Å². The van der Waals surface area contributed by atoms with Gasteiger partial charge >= 0.3 is 0 Å². The van der Waals surface area contributed by atoms with E-state index in [0.29, 0.717) is 24.6 Å². The van der Waals surface area contributed by atoms with Gasteiger partial charge in [-0.15, -0.1) is 0 Å². The Hall–Kier alpha value is -4.00. The molecule has 3 aromatic rings. The van der Waals surface area contributed by atoms with Gasteiger partial charge in [-0.1, -0.05) is 30.3 Å². The van der Waals surface area contributed by atoms with Crippen LogP contribution in [0.1, 0.15) is 45.3 Å². The van der Waals surface area contributed by atoms with Crippen LogP contribution < -0.4 is 15.0 Å². The summed E-state index contributed by atoms with van der Waals surface area (Å²) in [6, 6.07) is 23.5. The van der Waals surface area contributed by atoms with E-state index in [1.807, 2.05) is 76.5 Å². The molecule has 3 aliphatic rings. The Morgan fingerprint density at radius 1 is 0.919 bits per heavy atom. The molecule has 1 saturated heterocycles. The van der Waals surface area contributed by atoms with Crippen LogP contribution in [-0.4, -0.2) is 61.4 Å². The third-order valence-corrected chi connectivity index (χ3v) is 7.64. The summed E-state index contributed by atoms with van der Waals surface area (Å²) in [5, 5.41) is 3.55. The number of nitrogens with zero attached hydrogens (tertiary/aromatic N) is 3. The Morgan fingerprint density at radius 2 is 1.62 bits per heavy atom. The molecule has 2 amide bonds. The maximum absolute atomic E-state index is 13.2. The van der Waals surface area contributed by atoms with Crippen LogP contribution in [0.5, 0.6) is 5.75 Å². The highest BCUT2D eigenvalue weighted by Gasteiger charge is 2.39. The smallest absolute Gasteiger partial charge is 0.256 e. The molecule has 2 aliphatic heterocycles. The van der Waals surface area contributed by atoms with Crippen molar-refractivity contribution in [2.24, 2.45) is 5.92 Å². The Morgan fingerprint density at radius 3 is 2.35 bits per heavy atom. The van der Waals surface area contributed by atoms with Gasteiger partial charge in [-0.2, -0.15) is 0 Å². The van der Waals surface area contributed by atoms with E-state index in [-0.39, 0.29) is 18.0 Å². The fourth-order valence-corrected chi connectivity index (χ4v) is 5.38. The first kappa shape index (κ1) is 23.4. The first-order valence-electron chi connectivity index (χ1n) is 13.1. The Kier molecular flexibility index (Phi) is 6.20. The van der Waals surface area contributed by atoms with Gasteiger partial charge in [0.25, 0.3) is 11.8 Å². The molecule has 1 unspecified atom stereocenters. The molecular weight excluding hydrogens is 464 g/mol. The minimum atomic E-state index is -0.186. The summed E-state index contributed by atoms with van der Waals surface area (Å²) in [5.74, 6) is 1.60. The van der Waals surface area contributed by atoms with E-state index in [1.165, 1.54) is 12.8 Å². The van der Waals surface area contributed by atoms with E-state index < -0.39 is 0 Å². The third kappa shape index (κ3) is 4.61. The first-order chi connectivity index (χ1) is 18.1. The number of carbonyl (C=O) groups excluding carboxylic acids is 2. The van der Waals surface area contributed by atoms with Crippen molar-refractivity contribution < 1.29 is 14.3 Å². The largest absolute Gasteiger partial charge is 0.495 e. The maximum Gasteiger partial charge on any atom is 0.256 e. The number of rotatable bonds is 7. The van der Waals surface area contributed by atoms with Crippen LogP contribution in [0.3, 0.4) is 0 Å². The summed E-state index contributed by atoms with van der Waals surface area (Å²) in [5.41, 5.74) is 4.43. The fraction of sp³-hybridized carbons (Fsp3) is 0.333. The van der Waals surface area contributed by atoms with Crippen LogP contribution in [0.4, 0.5) is 11.4 Å². The van der Waals surface area contributed by atoms with Crippen molar-refractivity contribution in [2.45, 2.75) is 19.0 Å². The lowest BCUT2D eigenvalue weighted by Crippen LogP contribution is -2.48. The van der Waals surface area contributed by atoms with E-state index in [4.69, 9.17) is 4.74 Å². The summed E-state index contributed by atoms with van der Waals surface area (Å²) in [6.07, 6.45) is 2.20. The first-order valence-corrected chi connectivity index (χ1v) is 13.1. The number of nitrogens with one attached hydrogen (secondary N) is 1. The van der Waals surface area contributed by atoms with E-state index in [0.717, 1.165) is 47.9 Å². The van der Waals surface area contributed by atoms with Crippen LogP contribution in [0.2, 0.25) is 0 Å². The van der Waals surface area contributed by atoms with Gasteiger partial charge in [0.1, 0.15) is 11.9 Å². The van der Waals surface area contributed by atoms with Gasteiger partial charge in [-0.05, 0) is 61.2 Å². The van der Waals surface area contributed by atoms with Crippen molar-refractivity contribution in [1.82, 2.24) is 9.80 Å². The van der Waals surface area contributed by atoms with Crippen molar-refractivity contribution in [3.8, 4) is 5.75 Å². The minimum Gasteiger partial charge on any atom is -0.495 e. The predicted molar refractivity (Wildman–Crippen MR) is 144 cm³/mol. The second-order valence-corrected chi connectivity index (χ2v) is 10.1. The lowest BCUT2D eigenvalue weighted by molar-refractivity contribution is 0.0731. The van der Waals surface area contributed by atoms with Gasteiger partial charge in [-0.25, -0.2) is 0 Å². The number of amides is 2. The average molecular weight is 497 g/mol. The van der Waals surface area contributed by atoms with Gasteiger partial charge in [0.2, 0.25) is 0 Å². The molecule has 7 heteroatoms. The predicted octanol–water partition coefficient (Wildman–Crippen LogP) is 4.63. The molecule has 1 saturated carbocycles. The molecule has 7 nitrogen and oxygen atoms in total. The molecule has 37 heavy (non-hydrogen) atoms. The lowest BCUT2D eigenvalue weighted by atomic mass is 10.1. The topological polar surface area (TPSA) is 65.1 Å². The summed E-state index contributed by atoms with van der Waals surface area (Å²) in [4.78, 5) is 32.4. The molecule has 3 aromatic carbocycles. The summed E-state index contributed by atoms with van der Waals surface area (Å²) >= 11 is 0. The van der Waals surface area contributed by atoms with Gasteiger partial charge < -0.3 is 24.8 Å². The number of anilines is 2. The molecule has 1 aliphatic carbocycles. The molecule has 1 N–H and O–H groups in total. The molecule has 190 valence electrons. The second kappa shape index (κ2) is 9.81. The van der Waals surface area contributed by atoms with Crippen LogP contribution in [-0.2, 0) is 0 Å². The number of benzene rings is 3. The lowest BCUT2D eigenvalue weighted by Gasteiger charge is -2.36. The Labute approximate surface area is 217 Å². The normalized spacial score (nSPS) is 19.1. The van der Waals surface area contributed by atoms with Gasteiger partial charge in [0.15, 0.2) is 0 Å². The van der Waals surface area contributed by atoms with Crippen LogP contribution in [0, 0.1) is 5.92 Å². The second-order valence-electron chi connectivity index (χ2n) is 10.1. The molecule has 1 atom stereocenters. The number of hydrogen-bond donors (Lipinski definition) is 1. The van der Waals surface area contributed by atoms with E-state index in [2.05, 4.69) is 16.3 Å². The molecule has 2 fully saturated rings. The van der Waals surface area contributed by atoms with Crippen molar-refractivity contribution in [3.63, 3.8) is 0 Å². The Balaban J connectivity index is 1.11. The number of hydrogen-bond acceptors (Lipinski definition) is 5. The number of piperazine rings is 1. The zero-order valence-electron chi connectivity index (χ0n) is 21.1. The molecule has 0 radical (unpaired) electrons. The zero-order chi connectivity index (χ0) is 25.4. The highest BCUT2D eigenvalue weighted by Crippen LogP contribution is 2.39. The highest BCUT2D eigenvalue weighted by molar-refractivity contribution is 5.99. The monoisotopic (exact) mass is 496 g/mol. The molecular formula is C30H32N4O3. The van der Waals surface area contributed by atoms with Gasteiger partial charge in [0, 0.05) is 55.1 Å². The van der Waals surface area contributed by atoms with Crippen molar-refractivity contribution in [1.29, 1.82) is 0 Å². The fourth-order valence-electron chi connectivity index (χ4n) is 5.38. The standard InChI is InChI=1S/C30H32N4O3/c1-37-27-9-5-4-8-26(27)32-16-18-33(19-17-32)29(35)22-12-14-23(15-13-22)31-28-24-6-2-3-7-25(24)30(36)34(28)20-21-10-11-21/h2-9,12-15,21,28,31H,10-11,16-20H2,1H3. The molecule has 2 heterocycles. The van der Waals surface area contributed by atoms with Gasteiger partial charge in [0.05, 0.1) is 12.8 Å². The SMILES string of the molecule is COc1ccccc1N1CCN(C(=O)c2ccc(NC3c4ccccc4C(=O)N3CC3CC3)cc2)CC1. The zero-order valence-corrected chi connectivity index (χ0v) is 21.1.